The van der Waals surface area contributed by atoms with Crippen LogP contribution >= 0.6 is 0 Å². The first kappa shape index (κ1) is 18.6. The first-order chi connectivity index (χ1) is 12.9. The fraction of sp³-hybridized carbons (Fsp3) is 0.300. The lowest BCUT2D eigenvalue weighted by molar-refractivity contribution is 0.0686. The zero-order valence-corrected chi connectivity index (χ0v) is 15.0. The van der Waals surface area contributed by atoms with Gasteiger partial charge in [0.25, 0.3) is 11.8 Å². The van der Waals surface area contributed by atoms with Crippen molar-refractivity contribution < 1.29 is 19.5 Å². The predicted molar refractivity (Wildman–Crippen MR) is 98.8 cm³/mol. The van der Waals surface area contributed by atoms with Crippen LogP contribution in [-0.2, 0) is 0 Å². The zero-order chi connectivity index (χ0) is 19.4. The smallest absolute Gasteiger partial charge is 0.354 e. The third kappa shape index (κ3) is 4.49. The van der Waals surface area contributed by atoms with Crippen LogP contribution in [0.3, 0.4) is 0 Å². The highest BCUT2D eigenvalue weighted by molar-refractivity contribution is 5.95. The quantitative estimate of drug-likeness (QED) is 0.862. The minimum Gasteiger partial charge on any atom is -0.477 e. The van der Waals surface area contributed by atoms with E-state index in [9.17, 15) is 14.4 Å². The van der Waals surface area contributed by atoms with Gasteiger partial charge >= 0.3 is 5.97 Å². The zero-order valence-electron chi connectivity index (χ0n) is 15.0. The highest BCUT2D eigenvalue weighted by atomic mass is 16.4. The summed E-state index contributed by atoms with van der Waals surface area (Å²) in [6.07, 6.45) is 1.28. The Morgan fingerprint density at radius 1 is 1.04 bits per heavy atom. The number of carbonyl (C=O) groups is 3. The number of amides is 2. The Hall–Kier alpha value is -3.22. The Kier molecular flexibility index (Phi) is 5.49. The molecular weight excluding hydrogens is 346 g/mol. The number of nitrogens with zero attached hydrogens (tertiary/aromatic N) is 2. The van der Waals surface area contributed by atoms with Crippen LogP contribution in [0.25, 0.3) is 0 Å². The van der Waals surface area contributed by atoms with E-state index in [0.29, 0.717) is 31.5 Å². The number of pyridine rings is 1. The van der Waals surface area contributed by atoms with Crippen molar-refractivity contribution in [2.75, 3.05) is 13.1 Å². The van der Waals surface area contributed by atoms with Crippen molar-refractivity contribution >= 4 is 17.8 Å². The van der Waals surface area contributed by atoms with Crippen LogP contribution in [0.5, 0.6) is 0 Å². The predicted octanol–water partition coefficient (Wildman–Crippen LogP) is 2.12. The van der Waals surface area contributed by atoms with Crippen molar-refractivity contribution in [1.82, 2.24) is 15.2 Å². The Labute approximate surface area is 157 Å². The topological polar surface area (TPSA) is 99.6 Å². The second kappa shape index (κ2) is 7.99. The number of benzene rings is 1. The second-order valence-electron chi connectivity index (χ2n) is 6.62. The van der Waals surface area contributed by atoms with Gasteiger partial charge in [-0.1, -0.05) is 23.8 Å². The average Bonchev–Trinajstić information content (AvgIpc) is 2.68. The van der Waals surface area contributed by atoms with Crippen molar-refractivity contribution in [3.63, 3.8) is 0 Å². The summed E-state index contributed by atoms with van der Waals surface area (Å²) in [4.78, 5) is 41.5. The molecule has 140 valence electrons. The number of hydrogen-bond donors (Lipinski definition) is 2. The molecule has 0 aliphatic carbocycles. The second-order valence-corrected chi connectivity index (χ2v) is 6.62. The van der Waals surface area contributed by atoms with Crippen LogP contribution in [0.1, 0.15) is 49.7 Å². The molecule has 0 bridgehead atoms. The normalized spacial score (nSPS) is 14.6. The fourth-order valence-electron chi connectivity index (χ4n) is 3.05. The van der Waals surface area contributed by atoms with Gasteiger partial charge in [-0.15, -0.1) is 0 Å². The van der Waals surface area contributed by atoms with E-state index in [4.69, 9.17) is 5.11 Å². The van der Waals surface area contributed by atoms with Gasteiger partial charge in [0.2, 0.25) is 0 Å². The van der Waals surface area contributed by atoms with Gasteiger partial charge < -0.3 is 15.3 Å². The van der Waals surface area contributed by atoms with E-state index in [1.165, 1.54) is 18.2 Å². The van der Waals surface area contributed by atoms with Gasteiger partial charge in [-0.25, -0.2) is 9.78 Å². The molecule has 2 aromatic rings. The number of aromatic nitrogens is 1. The van der Waals surface area contributed by atoms with Crippen molar-refractivity contribution in [2.45, 2.75) is 25.8 Å². The fourth-order valence-corrected chi connectivity index (χ4v) is 3.05. The maximum Gasteiger partial charge on any atom is 0.354 e. The van der Waals surface area contributed by atoms with E-state index >= 15 is 0 Å². The number of hydrogen-bond acceptors (Lipinski definition) is 4. The van der Waals surface area contributed by atoms with Gasteiger partial charge in [-0.3, -0.25) is 9.59 Å². The van der Waals surface area contributed by atoms with Crippen molar-refractivity contribution in [2.24, 2.45) is 0 Å². The largest absolute Gasteiger partial charge is 0.477 e. The third-order valence-corrected chi connectivity index (χ3v) is 4.62. The molecule has 2 amide bonds. The van der Waals surface area contributed by atoms with E-state index in [1.807, 2.05) is 31.2 Å². The van der Waals surface area contributed by atoms with Gasteiger partial charge in [-0.2, -0.15) is 0 Å². The number of carboxylic acids is 1. The third-order valence-electron chi connectivity index (χ3n) is 4.62. The SMILES string of the molecule is Cc1ccc(C(=O)N2CCC(NC(=O)c3cccc(C(=O)O)n3)CC2)cc1. The molecule has 3 rings (SSSR count). The van der Waals surface area contributed by atoms with Crippen LogP contribution in [0.4, 0.5) is 0 Å². The van der Waals surface area contributed by atoms with Crippen LogP contribution in [0.2, 0.25) is 0 Å². The summed E-state index contributed by atoms with van der Waals surface area (Å²) in [6.45, 7) is 3.09. The molecule has 1 fully saturated rings. The van der Waals surface area contributed by atoms with E-state index in [0.717, 1.165) is 5.56 Å². The van der Waals surface area contributed by atoms with Gasteiger partial charge in [0.1, 0.15) is 11.4 Å². The molecule has 2 N–H and O–H groups in total. The lowest BCUT2D eigenvalue weighted by Crippen LogP contribution is -2.46. The summed E-state index contributed by atoms with van der Waals surface area (Å²) < 4.78 is 0. The minimum absolute atomic E-state index is 0.00407. The van der Waals surface area contributed by atoms with Gasteiger partial charge in [0.05, 0.1) is 0 Å². The number of piperidine rings is 1. The van der Waals surface area contributed by atoms with Crippen LogP contribution in [0.15, 0.2) is 42.5 Å². The van der Waals surface area contributed by atoms with Crippen molar-refractivity contribution in [1.29, 1.82) is 0 Å². The van der Waals surface area contributed by atoms with Crippen molar-refractivity contribution in [3.05, 3.63) is 65.0 Å². The van der Waals surface area contributed by atoms with Crippen molar-refractivity contribution in [3.8, 4) is 0 Å². The standard InChI is InChI=1S/C20H21N3O4/c1-13-5-7-14(8-6-13)19(25)23-11-9-15(10-12-23)21-18(24)16-3-2-4-17(22-16)20(26)27/h2-8,15H,9-12H2,1H3,(H,21,24)(H,26,27). The van der Waals surface area contributed by atoms with E-state index in [-0.39, 0.29) is 23.3 Å². The van der Waals surface area contributed by atoms with E-state index < -0.39 is 11.9 Å². The van der Waals surface area contributed by atoms with Crippen LogP contribution < -0.4 is 5.32 Å². The first-order valence-corrected chi connectivity index (χ1v) is 8.81. The van der Waals surface area contributed by atoms with Gasteiger partial charge in [0, 0.05) is 24.7 Å². The summed E-state index contributed by atoms with van der Waals surface area (Å²) in [7, 11) is 0. The molecule has 7 nitrogen and oxygen atoms in total. The Morgan fingerprint density at radius 2 is 1.67 bits per heavy atom. The maximum absolute atomic E-state index is 12.5. The summed E-state index contributed by atoms with van der Waals surface area (Å²) in [6, 6.07) is 11.7. The molecule has 7 heteroatoms. The Morgan fingerprint density at radius 3 is 2.30 bits per heavy atom. The molecule has 1 aromatic heterocycles. The molecule has 1 aliphatic rings. The molecular formula is C20H21N3O4. The number of likely N-dealkylation sites (tertiary alicyclic amines) is 1. The Bertz CT molecular complexity index is 856. The maximum atomic E-state index is 12.5. The van der Waals surface area contributed by atoms with Gasteiger partial charge in [-0.05, 0) is 44.0 Å². The molecule has 0 spiro atoms. The number of carboxylic acid groups (broad SMARTS) is 1. The number of nitrogens with one attached hydrogen (secondary N) is 1. The lowest BCUT2D eigenvalue weighted by atomic mass is 10.0. The molecule has 0 atom stereocenters. The molecule has 27 heavy (non-hydrogen) atoms. The minimum atomic E-state index is -1.17. The molecule has 0 radical (unpaired) electrons. The first-order valence-electron chi connectivity index (χ1n) is 8.81. The summed E-state index contributed by atoms with van der Waals surface area (Å²) in [5, 5.41) is 11.8. The monoisotopic (exact) mass is 367 g/mol. The molecule has 1 aliphatic heterocycles. The lowest BCUT2D eigenvalue weighted by Gasteiger charge is -2.32. The highest BCUT2D eigenvalue weighted by Gasteiger charge is 2.25. The number of aromatic carboxylic acids is 1. The summed E-state index contributed by atoms with van der Waals surface area (Å²) >= 11 is 0. The number of aryl methyl sites for hydroxylation is 1. The Balaban J connectivity index is 1.55. The number of rotatable bonds is 4. The average molecular weight is 367 g/mol. The number of carbonyl (C=O) groups excluding carboxylic acids is 2. The molecule has 0 saturated carbocycles. The van der Waals surface area contributed by atoms with Gasteiger partial charge in [0.15, 0.2) is 0 Å². The summed E-state index contributed by atoms with van der Waals surface area (Å²) in [5.41, 5.74) is 1.68. The summed E-state index contributed by atoms with van der Waals surface area (Å²) in [5.74, 6) is -1.58. The van der Waals surface area contributed by atoms with Crippen LogP contribution in [-0.4, -0.2) is 51.9 Å². The molecule has 2 heterocycles. The molecule has 1 aromatic carbocycles. The van der Waals surface area contributed by atoms with E-state index in [2.05, 4.69) is 10.3 Å². The van der Waals surface area contributed by atoms with Crippen LogP contribution in [0, 0.1) is 6.92 Å². The molecule has 1 saturated heterocycles. The van der Waals surface area contributed by atoms with E-state index in [1.54, 1.807) is 4.90 Å². The molecule has 0 unspecified atom stereocenters. The highest BCUT2D eigenvalue weighted by Crippen LogP contribution is 2.15.